The van der Waals surface area contributed by atoms with Crippen LogP contribution in [0.25, 0.3) is 10.8 Å². The number of halogens is 1. The van der Waals surface area contributed by atoms with Crippen LogP contribution in [0.2, 0.25) is 0 Å². The first kappa shape index (κ1) is 17.8. The maximum Gasteiger partial charge on any atom is 0.127 e. The van der Waals surface area contributed by atoms with E-state index in [1.165, 1.54) is 0 Å². The summed E-state index contributed by atoms with van der Waals surface area (Å²) in [4.78, 5) is 0. The standard InChI is InChI=1S/C21H21BrO3/c22-12-13-23-14-15-24-20-10-4-9-19-18(20)8-5-11-21(19)25-16-17-6-2-1-3-7-17/h1-11H,12-16H2. The van der Waals surface area contributed by atoms with Gasteiger partial charge in [0, 0.05) is 16.1 Å². The second kappa shape index (κ2) is 9.44. The number of fused-ring (bicyclic) bond motifs is 1. The van der Waals surface area contributed by atoms with E-state index in [0.717, 1.165) is 33.2 Å². The first-order chi connectivity index (χ1) is 12.4. The smallest absolute Gasteiger partial charge is 0.127 e. The van der Waals surface area contributed by atoms with Crippen LogP contribution in [0.3, 0.4) is 0 Å². The summed E-state index contributed by atoms with van der Waals surface area (Å²) < 4.78 is 17.4. The highest BCUT2D eigenvalue weighted by Crippen LogP contribution is 2.32. The molecule has 3 nitrogen and oxygen atoms in total. The molecule has 3 rings (SSSR count). The second-order valence-electron chi connectivity index (χ2n) is 5.53. The molecule has 0 fully saturated rings. The quantitative estimate of drug-likeness (QED) is 0.364. The Morgan fingerprint density at radius 3 is 2.00 bits per heavy atom. The summed E-state index contributed by atoms with van der Waals surface area (Å²) in [7, 11) is 0. The van der Waals surface area contributed by atoms with E-state index in [0.29, 0.717) is 26.4 Å². The molecule has 4 heteroatoms. The molecule has 0 N–H and O–H groups in total. The van der Waals surface area contributed by atoms with E-state index in [-0.39, 0.29) is 0 Å². The van der Waals surface area contributed by atoms with E-state index < -0.39 is 0 Å². The van der Waals surface area contributed by atoms with E-state index in [2.05, 4.69) is 40.2 Å². The first-order valence-corrected chi connectivity index (χ1v) is 9.45. The van der Waals surface area contributed by atoms with Crippen molar-refractivity contribution in [1.82, 2.24) is 0 Å². The largest absolute Gasteiger partial charge is 0.491 e. The number of hydrogen-bond donors (Lipinski definition) is 0. The SMILES string of the molecule is BrCCOCCOc1cccc2c(OCc3ccccc3)cccc12. The fraction of sp³-hybridized carbons (Fsp3) is 0.238. The number of ether oxygens (including phenoxy) is 3. The Morgan fingerprint density at radius 1 is 0.640 bits per heavy atom. The zero-order valence-electron chi connectivity index (χ0n) is 14.0. The maximum atomic E-state index is 6.03. The van der Waals surface area contributed by atoms with Gasteiger partial charge in [-0.15, -0.1) is 0 Å². The van der Waals surface area contributed by atoms with Crippen molar-refractivity contribution in [1.29, 1.82) is 0 Å². The minimum absolute atomic E-state index is 0.529. The van der Waals surface area contributed by atoms with Gasteiger partial charge in [-0.25, -0.2) is 0 Å². The molecule has 0 saturated heterocycles. The van der Waals surface area contributed by atoms with Gasteiger partial charge in [-0.2, -0.15) is 0 Å². The van der Waals surface area contributed by atoms with Crippen molar-refractivity contribution in [2.75, 3.05) is 25.2 Å². The molecule has 0 saturated carbocycles. The van der Waals surface area contributed by atoms with Crippen molar-refractivity contribution in [3.63, 3.8) is 0 Å². The lowest BCUT2D eigenvalue weighted by Gasteiger charge is -2.13. The van der Waals surface area contributed by atoms with Gasteiger partial charge in [0.25, 0.3) is 0 Å². The molecule has 0 spiro atoms. The van der Waals surface area contributed by atoms with Crippen molar-refractivity contribution in [3.8, 4) is 11.5 Å². The number of alkyl halides is 1. The Balaban J connectivity index is 1.71. The Morgan fingerprint density at radius 2 is 1.32 bits per heavy atom. The molecule has 0 bridgehead atoms. The van der Waals surface area contributed by atoms with E-state index in [1.807, 2.05) is 42.5 Å². The molecule has 0 radical (unpaired) electrons. The van der Waals surface area contributed by atoms with Crippen LogP contribution in [0.15, 0.2) is 66.7 Å². The molecule has 0 unspecified atom stereocenters. The van der Waals surface area contributed by atoms with E-state index in [9.17, 15) is 0 Å². The highest BCUT2D eigenvalue weighted by molar-refractivity contribution is 9.09. The highest BCUT2D eigenvalue weighted by atomic mass is 79.9. The Bertz CT molecular complexity index is 790. The van der Waals surface area contributed by atoms with Gasteiger partial charge < -0.3 is 14.2 Å². The molecule has 3 aromatic rings. The zero-order chi connectivity index (χ0) is 17.3. The molecular formula is C21H21BrO3. The van der Waals surface area contributed by atoms with Crippen LogP contribution in [-0.2, 0) is 11.3 Å². The van der Waals surface area contributed by atoms with Gasteiger partial charge in [0.05, 0.1) is 13.2 Å². The van der Waals surface area contributed by atoms with Gasteiger partial charge in [-0.1, -0.05) is 70.5 Å². The molecule has 0 heterocycles. The summed E-state index contributed by atoms with van der Waals surface area (Å²) in [5, 5.41) is 2.94. The van der Waals surface area contributed by atoms with Crippen LogP contribution in [0.5, 0.6) is 11.5 Å². The molecule has 0 aliphatic heterocycles. The second-order valence-corrected chi connectivity index (χ2v) is 6.32. The Hall–Kier alpha value is -2.04. The summed E-state index contributed by atoms with van der Waals surface area (Å²) >= 11 is 3.34. The minimum atomic E-state index is 0.529. The molecule has 3 aromatic carbocycles. The van der Waals surface area contributed by atoms with E-state index >= 15 is 0 Å². The van der Waals surface area contributed by atoms with Gasteiger partial charge in [-0.3, -0.25) is 0 Å². The van der Waals surface area contributed by atoms with Gasteiger partial charge in [0.1, 0.15) is 24.7 Å². The molecule has 0 amide bonds. The third-order valence-corrected chi connectivity index (χ3v) is 4.11. The van der Waals surface area contributed by atoms with Crippen LogP contribution in [0.4, 0.5) is 0 Å². The minimum Gasteiger partial charge on any atom is -0.491 e. The van der Waals surface area contributed by atoms with Crippen LogP contribution < -0.4 is 9.47 Å². The average Bonchev–Trinajstić information content (AvgIpc) is 2.67. The highest BCUT2D eigenvalue weighted by Gasteiger charge is 2.07. The normalized spacial score (nSPS) is 10.8. The third kappa shape index (κ3) is 4.97. The van der Waals surface area contributed by atoms with Crippen LogP contribution >= 0.6 is 15.9 Å². The fourth-order valence-electron chi connectivity index (χ4n) is 2.61. The van der Waals surface area contributed by atoms with Crippen molar-refractivity contribution in [2.45, 2.75) is 6.61 Å². The molecule has 0 aliphatic rings. The summed E-state index contributed by atoms with van der Waals surface area (Å²) in [6, 6.07) is 22.2. The topological polar surface area (TPSA) is 27.7 Å². The predicted molar refractivity (Wildman–Crippen MR) is 105 cm³/mol. The summed E-state index contributed by atoms with van der Waals surface area (Å²) in [6.07, 6.45) is 0. The van der Waals surface area contributed by atoms with E-state index in [4.69, 9.17) is 14.2 Å². The summed E-state index contributed by atoms with van der Waals surface area (Å²) in [5.41, 5.74) is 1.15. The molecule has 25 heavy (non-hydrogen) atoms. The predicted octanol–water partition coefficient (Wildman–Crippen LogP) is 5.21. The average molecular weight is 401 g/mol. The zero-order valence-corrected chi connectivity index (χ0v) is 15.6. The van der Waals surface area contributed by atoms with Crippen LogP contribution in [-0.4, -0.2) is 25.2 Å². The van der Waals surface area contributed by atoms with Crippen LogP contribution in [0, 0.1) is 0 Å². The van der Waals surface area contributed by atoms with Gasteiger partial charge in [0.15, 0.2) is 0 Å². The molecule has 130 valence electrons. The lowest BCUT2D eigenvalue weighted by molar-refractivity contribution is 0.113. The number of benzene rings is 3. The summed E-state index contributed by atoms with van der Waals surface area (Å²) in [5.74, 6) is 1.72. The number of hydrogen-bond acceptors (Lipinski definition) is 3. The molecule has 0 aromatic heterocycles. The lowest BCUT2D eigenvalue weighted by Crippen LogP contribution is -2.08. The number of rotatable bonds is 9. The van der Waals surface area contributed by atoms with Crippen molar-refractivity contribution in [3.05, 3.63) is 72.3 Å². The van der Waals surface area contributed by atoms with Gasteiger partial charge >= 0.3 is 0 Å². The monoisotopic (exact) mass is 400 g/mol. The van der Waals surface area contributed by atoms with Gasteiger partial charge in [0.2, 0.25) is 0 Å². The summed E-state index contributed by atoms with van der Waals surface area (Å²) in [6.45, 7) is 2.34. The lowest BCUT2D eigenvalue weighted by atomic mass is 10.1. The fourth-order valence-corrected chi connectivity index (χ4v) is 2.84. The maximum absolute atomic E-state index is 6.03. The van der Waals surface area contributed by atoms with Crippen molar-refractivity contribution in [2.24, 2.45) is 0 Å². The van der Waals surface area contributed by atoms with Gasteiger partial charge in [-0.05, 0) is 17.7 Å². The molecule has 0 aliphatic carbocycles. The van der Waals surface area contributed by atoms with Crippen molar-refractivity contribution < 1.29 is 14.2 Å². The molecular weight excluding hydrogens is 380 g/mol. The van der Waals surface area contributed by atoms with Crippen molar-refractivity contribution >= 4 is 26.7 Å². The van der Waals surface area contributed by atoms with Crippen LogP contribution in [0.1, 0.15) is 5.56 Å². The first-order valence-electron chi connectivity index (χ1n) is 8.33. The molecule has 0 atom stereocenters. The third-order valence-electron chi connectivity index (χ3n) is 3.79. The van der Waals surface area contributed by atoms with E-state index in [1.54, 1.807) is 0 Å². The Labute approximate surface area is 156 Å². The Kier molecular flexibility index (Phi) is 6.71.